The number of benzene rings is 2. The lowest BCUT2D eigenvalue weighted by atomic mass is 10.1. The first kappa shape index (κ1) is 17.0. The van der Waals surface area contributed by atoms with E-state index in [0.29, 0.717) is 13.1 Å². The van der Waals surface area contributed by atoms with Gasteiger partial charge in [-0.25, -0.2) is 4.79 Å². The van der Waals surface area contributed by atoms with Crippen molar-refractivity contribution in [1.29, 1.82) is 0 Å². The van der Waals surface area contributed by atoms with E-state index < -0.39 is 4.92 Å². The van der Waals surface area contributed by atoms with Gasteiger partial charge in [-0.2, -0.15) is 0 Å². The van der Waals surface area contributed by atoms with Crippen molar-refractivity contribution in [2.45, 2.75) is 25.9 Å². The molecular formula is C19H21N3O3. The molecule has 0 radical (unpaired) electrons. The summed E-state index contributed by atoms with van der Waals surface area (Å²) in [6, 6.07) is 16.3. The molecule has 0 unspecified atom stereocenters. The number of carbonyl (C=O) groups is 1. The van der Waals surface area contributed by atoms with Gasteiger partial charge in [0.1, 0.15) is 0 Å². The Hall–Kier alpha value is -2.89. The summed E-state index contributed by atoms with van der Waals surface area (Å²) in [5.41, 5.74) is 2.07. The summed E-state index contributed by atoms with van der Waals surface area (Å²) in [5, 5.41) is 10.8. The van der Waals surface area contributed by atoms with E-state index in [1.54, 1.807) is 12.1 Å². The minimum absolute atomic E-state index is 0.00204. The van der Waals surface area contributed by atoms with Gasteiger partial charge in [0.25, 0.3) is 5.69 Å². The average molecular weight is 339 g/mol. The Bertz CT molecular complexity index is 761. The van der Waals surface area contributed by atoms with E-state index in [0.717, 1.165) is 11.1 Å². The molecule has 0 spiro atoms. The fourth-order valence-electron chi connectivity index (χ4n) is 3.26. The molecule has 1 aliphatic rings. The van der Waals surface area contributed by atoms with Crippen LogP contribution in [-0.2, 0) is 0 Å². The van der Waals surface area contributed by atoms with Crippen molar-refractivity contribution in [1.82, 2.24) is 9.80 Å². The third-order valence-electron chi connectivity index (χ3n) is 4.88. The minimum Gasteiger partial charge on any atom is -0.316 e. The minimum atomic E-state index is -0.418. The van der Waals surface area contributed by atoms with E-state index in [2.05, 4.69) is 0 Å². The maximum absolute atomic E-state index is 12.9. The standard InChI is InChI=1S/C19H21N3O3/c1-14(16-6-4-3-5-7-16)20-12-13-21(19(20)23)15(2)17-8-10-18(11-9-17)22(24)25/h3-11,14-15H,12-13H2,1-2H3/t14-,15-/m0/s1. The fourth-order valence-corrected chi connectivity index (χ4v) is 3.26. The molecule has 2 aromatic rings. The van der Waals surface area contributed by atoms with Gasteiger partial charge in [0.05, 0.1) is 17.0 Å². The van der Waals surface area contributed by atoms with Crippen molar-refractivity contribution < 1.29 is 9.72 Å². The zero-order valence-electron chi connectivity index (χ0n) is 14.3. The van der Waals surface area contributed by atoms with E-state index >= 15 is 0 Å². The van der Waals surface area contributed by atoms with Gasteiger partial charge in [0, 0.05) is 25.2 Å². The number of hydrogen-bond acceptors (Lipinski definition) is 3. The Morgan fingerprint density at radius 3 is 1.84 bits per heavy atom. The molecule has 25 heavy (non-hydrogen) atoms. The molecule has 130 valence electrons. The van der Waals surface area contributed by atoms with Gasteiger partial charge in [-0.3, -0.25) is 10.1 Å². The molecule has 1 saturated heterocycles. The van der Waals surface area contributed by atoms with E-state index in [4.69, 9.17) is 0 Å². The van der Waals surface area contributed by atoms with Crippen LogP contribution in [0.2, 0.25) is 0 Å². The van der Waals surface area contributed by atoms with Gasteiger partial charge >= 0.3 is 6.03 Å². The Morgan fingerprint density at radius 2 is 1.36 bits per heavy atom. The van der Waals surface area contributed by atoms with Crippen LogP contribution in [0.1, 0.15) is 37.1 Å². The Kier molecular flexibility index (Phi) is 4.70. The van der Waals surface area contributed by atoms with Gasteiger partial charge in [0.2, 0.25) is 0 Å². The topological polar surface area (TPSA) is 66.7 Å². The average Bonchev–Trinajstić information content (AvgIpc) is 3.02. The van der Waals surface area contributed by atoms with Crippen LogP contribution < -0.4 is 0 Å². The zero-order chi connectivity index (χ0) is 18.0. The quantitative estimate of drug-likeness (QED) is 0.607. The fraction of sp³-hybridized carbons (Fsp3) is 0.316. The van der Waals surface area contributed by atoms with Gasteiger partial charge in [-0.1, -0.05) is 42.5 Å². The summed E-state index contributed by atoms with van der Waals surface area (Å²) in [4.78, 5) is 26.9. The monoisotopic (exact) mass is 339 g/mol. The molecule has 1 fully saturated rings. The van der Waals surface area contributed by atoms with Crippen LogP contribution >= 0.6 is 0 Å². The molecule has 6 heteroatoms. The van der Waals surface area contributed by atoms with Crippen LogP contribution in [0.4, 0.5) is 10.5 Å². The highest BCUT2D eigenvalue weighted by molar-refractivity contribution is 5.77. The van der Waals surface area contributed by atoms with Crippen LogP contribution in [0.5, 0.6) is 0 Å². The van der Waals surface area contributed by atoms with Crippen molar-refractivity contribution in [3.8, 4) is 0 Å². The van der Waals surface area contributed by atoms with Gasteiger partial charge in [-0.15, -0.1) is 0 Å². The van der Waals surface area contributed by atoms with Crippen LogP contribution in [0, 0.1) is 10.1 Å². The van der Waals surface area contributed by atoms with Gasteiger partial charge < -0.3 is 9.80 Å². The Balaban J connectivity index is 1.73. The van der Waals surface area contributed by atoms with Crippen molar-refractivity contribution in [3.63, 3.8) is 0 Å². The second-order valence-corrected chi connectivity index (χ2v) is 6.28. The number of nitro benzene ring substituents is 1. The normalized spacial score (nSPS) is 16.8. The van der Waals surface area contributed by atoms with E-state index in [-0.39, 0.29) is 23.8 Å². The molecule has 1 heterocycles. The predicted octanol–water partition coefficient (Wildman–Crippen LogP) is 4.15. The molecule has 0 aliphatic carbocycles. The van der Waals surface area contributed by atoms with Crippen molar-refractivity contribution in [2.75, 3.05) is 13.1 Å². The highest BCUT2D eigenvalue weighted by atomic mass is 16.6. The largest absolute Gasteiger partial charge is 0.321 e. The number of carbonyl (C=O) groups excluding carboxylic acids is 1. The van der Waals surface area contributed by atoms with Crippen LogP contribution in [0.3, 0.4) is 0 Å². The maximum atomic E-state index is 12.9. The molecular weight excluding hydrogens is 318 g/mol. The molecule has 6 nitrogen and oxygen atoms in total. The van der Waals surface area contributed by atoms with Crippen molar-refractivity contribution >= 4 is 11.7 Å². The smallest absolute Gasteiger partial charge is 0.316 e. The number of non-ortho nitro benzene ring substituents is 1. The molecule has 2 amide bonds. The number of nitrogens with zero attached hydrogens (tertiary/aromatic N) is 3. The molecule has 0 N–H and O–H groups in total. The third kappa shape index (κ3) is 3.33. The summed E-state index contributed by atoms with van der Waals surface area (Å²) in [5.74, 6) is 0. The first-order chi connectivity index (χ1) is 12.0. The van der Waals surface area contributed by atoms with Gasteiger partial charge in [-0.05, 0) is 25.0 Å². The SMILES string of the molecule is C[C@@H](c1ccccc1)N1CCN([C@@H](C)c2ccc([N+](=O)[O-])cc2)C1=O. The highest BCUT2D eigenvalue weighted by Gasteiger charge is 2.35. The Morgan fingerprint density at radius 1 is 0.880 bits per heavy atom. The maximum Gasteiger partial charge on any atom is 0.321 e. The summed E-state index contributed by atoms with van der Waals surface area (Å²) >= 11 is 0. The molecule has 1 aliphatic heterocycles. The summed E-state index contributed by atoms with van der Waals surface area (Å²) in [7, 11) is 0. The molecule has 0 saturated carbocycles. The number of urea groups is 1. The summed E-state index contributed by atoms with van der Waals surface area (Å²) in [6.45, 7) is 5.31. The van der Waals surface area contributed by atoms with Gasteiger partial charge in [0.15, 0.2) is 0 Å². The molecule has 2 aromatic carbocycles. The number of rotatable bonds is 5. The molecule has 3 rings (SSSR count). The predicted molar refractivity (Wildman–Crippen MR) is 95.2 cm³/mol. The number of nitro groups is 1. The highest BCUT2D eigenvalue weighted by Crippen LogP contribution is 2.30. The number of hydrogen-bond donors (Lipinski definition) is 0. The zero-order valence-corrected chi connectivity index (χ0v) is 14.3. The van der Waals surface area contributed by atoms with Crippen LogP contribution in [0.15, 0.2) is 54.6 Å². The summed E-state index contributed by atoms with van der Waals surface area (Å²) in [6.07, 6.45) is 0. The molecule has 0 aromatic heterocycles. The summed E-state index contributed by atoms with van der Waals surface area (Å²) < 4.78 is 0. The third-order valence-corrected chi connectivity index (χ3v) is 4.88. The molecule has 0 bridgehead atoms. The van der Waals surface area contributed by atoms with E-state index in [1.165, 1.54) is 12.1 Å². The molecule has 2 atom stereocenters. The lowest BCUT2D eigenvalue weighted by Crippen LogP contribution is -2.35. The first-order valence-electron chi connectivity index (χ1n) is 8.35. The van der Waals surface area contributed by atoms with Crippen molar-refractivity contribution in [3.05, 3.63) is 75.8 Å². The second kappa shape index (κ2) is 6.93. The lowest BCUT2D eigenvalue weighted by molar-refractivity contribution is -0.384. The van der Waals surface area contributed by atoms with Crippen LogP contribution in [-0.4, -0.2) is 33.8 Å². The Labute approximate surface area is 146 Å². The second-order valence-electron chi connectivity index (χ2n) is 6.28. The first-order valence-corrected chi connectivity index (χ1v) is 8.35. The van der Waals surface area contributed by atoms with Crippen molar-refractivity contribution in [2.24, 2.45) is 0 Å². The van der Waals surface area contributed by atoms with Crippen LogP contribution in [0.25, 0.3) is 0 Å². The lowest BCUT2D eigenvalue weighted by Gasteiger charge is -2.28. The van der Waals surface area contributed by atoms with E-state index in [9.17, 15) is 14.9 Å². The van der Waals surface area contributed by atoms with E-state index in [1.807, 2.05) is 54.0 Å². The number of amides is 2.